The summed E-state index contributed by atoms with van der Waals surface area (Å²) in [7, 11) is 0. The quantitative estimate of drug-likeness (QED) is 0.624. The van der Waals surface area contributed by atoms with Gasteiger partial charge in [0.15, 0.2) is 0 Å². The van der Waals surface area contributed by atoms with Crippen LogP contribution in [0.3, 0.4) is 0 Å². The van der Waals surface area contributed by atoms with Gasteiger partial charge in [-0.1, -0.05) is 11.8 Å². The van der Waals surface area contributed by atoms with E-state index in [9.17, 15) is 9.90 Å². The third-order valence-electron chi connectivity index (χ3n) is 2.03. The predicted molar refractivity (Wildman–Crippen MR) is 74.8 cm³/mol. The van der Waals surface area contributed by atoms with Gasteiger partial charge in [0.05, 0.1) is 5.56 Å². The van der Waals surface area contributed by atoms with Crippen LogP contribution in [0.15, 0.2) is 24.3 Å². The molecular weight excluding hydrogens is 240 g/mol. The van der Waals surface area contributed by atoms with Crippen molar-refractivity contribution in [3.63, 3.8) is 0 Å². The fourth-order valence-electron chi connectivity index (χ4n) is 1.25. The Morgan fingerprint density at radius 1 is 1.11 bits per heavy atom. The standard InChI is InChI=1S/C16H20O3/c1-15(2,3)19-14(17)13-8-6-12(7-9-13)10-11-16(4,5)18/h6-9,18H,1-5H3. The fraction of sp³-hybridized carbons (Fsp3) is 0.438. The molecule has 1 aromatic carbocycles. The Labute approximate surface area is 114 Å². The van der Waals surface area contributed by atoms with E-state index in [0.29, 0.717) is 5.56 Å². The minimum absolute atomic E-state index is 0.352. The largest absolute Gasteiger partial charge is 0.456 e. The maximum absolute atomic E-state index is 11.8. The number of aliphatic hydroxyl groups is 1. The van der Waals surface area contributed by atoms with E-state index < -0.39 is 11.2 Å². The van der Waals surface area contributed by atoms with Crippen molar-refractivity contribution in [3.05, 3.63) is 35.4 Å². The smallest absolute Gasteiger partial charge is 0.338 e. The van der Waals surface area contributed by atoms with Crippen LogP contribution in [0, 0.1) is 11.8 Å². The number of ether oxygens (including phenoxy) is 1. The first kappa shape index (κ1) is 15.3. The highest BCUT2D eigenvalue weighted by molar-refractivity contribution is 5.89. The van der Waals surface area contributed by atoms with Crippen LogP contribution >= 0.6 is 0 Å². The van der Waals surface area contributed by atoms with E-state index in [1.807, 2.05) is 20.8 Å². The Hall–Kier alpha value is -1.79. The van der Waals surface area contributed by atoms with Crippen LogP contribution in [0.25, 0.3) is 0 Å². The van der Waals surface area contributed by atoms with E-state index in [0.717, 1.165) is 5.56 Å². The molecule has 102 valence electrons. The molecule has 0 saturated carbocycles. The molecule has 0 bridgehead atoms. The van der Waals surface area contributed by atoms with E-state index in [1.165, 1.54) is 0 Å². The van der Waals surface area contributed by atoms with Crippen LogP contribution in [0.4, 0.5) is 0 Å². The van der Waals surface area contributed by atoms with Gasteiger partial charge in [-0.25, -0.2) is 4.79 Å². The second-order valence-corrected chi connectivity index (χ2v) is 5.89. The van der Waals surface area contributed by atoms with Crippen LogP contribution in [0.5, 0.6) is 0 Å². The summed E-state index contributed by atoms with van der Waals surface area (Å²) in [6.07, 6.45) is 0. The molecule has 0 amide bonds. The molecule has 0 atom stereocenters. The zero-order valence-corrected chi connectivity index (χ0v) is 12.1. The molecule has 3 heteroatoms. The zero-order chi connectivity index (χ0) is 14.7. The number of esters is 1. The molecule has 19 heavy (non-hydrogen) atoms. The lowest BCUT2D eigenvalue weighted by Gasteiger charge is -2.19. The second-order valence-electron chi connectivity index (χ2n) is 5.89. The van der Waals surface area contributed by atoms with Crippen molar-refractivity contribution in [1.29, 1.82) is 0 Å². The number of carbonyl (C=O) groups is 1. The highest BCUT2D eigenvalue weighted by Crippen LogP contribution is 2.12. The average Bonchev–Trinajstić information content (AvgIpc) is 2.23. The molecular formula is C16H20O3. The maximum atomic E-state index is 11.8. The molecule has 0 fully saturated rings. The number of hydrogen-bond donors (Lipinski definition) is 1. The monoisotopic (exact) mass is 260 g/mol. The van der Waals surface area contributed by atoms with Gasteiger partial charge in [0.25, 0.3) is 0 Å². The van der Waals surface area contributed by atoms with Gasteiger partial charge in [0.2, 0.25) is 0 Å². The van der Waals surface area contributed by atoms with Gasteiger partial charge in [-0.15, -0.1) is 0 Å². The summed E-state index contributed by atoms with van der Waals surface area (Å²) in [6.45, 7) is 8.72. The van der Waals surface area contributed by atoms with Gasteiger partial charge < -0.3 is 9.84 Å². The predicted octanol–water partition coefficient (Wildman–Crippen LogP) is 2.76. The van der Waals surface area contributed by atoms with Crippen molar-refractivity contribution in [3.8, 4) is 11.8 Å². The third kappa shape index (κ3) is 6.08. The fourth-order valence-corrected chi connectivity index (χ4v) is 1.25. The van der Waals surface area contributed by atoms with E-state index >= 15 is 0 Å². The molecule has 0 aliphatic rings. The van der Waals surface area contributed by atoms with Crippen molar-refractivity contribution in [1.82, 2.24) is 0 Å². The zero-order valence-electron chi connectivity index (χ0n) is 12.1. The molecule has 1 rings (SSSR count). The molecule has 0 heterocycles. The minimum Gasteiger partial charge on any atom is -0.456 e. The number of benzene rings is 1. The third-order valence-corrected chi connectivity index (χ3v) is 2.03. The molecule has 0 aliphatic carbocycles. The maximum Gasteiger partial charge on any atom is 0.338 e. The van der Waals surface area contributed by atoms with Gasteiger partial charge in [0.1, 0.15) is 11.2 Å². The Balaban J connectivity index is 2.82. The molecule has 0 spiro atoms. The SMILES string of the molecule is CC(C)(O)C#Cc1ccc(C(=O)OC(C)(C)C)cc1. The summed E-state index contributed by atoms with van der Waals surface area (Å²) in [5, 5.41) is 9.50. The summed E-state index contributed by atoms with van der Waals surface area (Å²) in [6, 6.07) is 6.81. The number of hydrogen-bond acceptors (Lipinski definition) is 3. The van der Waals surface area contributed by atoms with Crippen LogP contribution < -0.4 is 0 Å². The number of rotatable bonds is 1. The highest BCUT2D eigenvalue weighted by Gasteiger charge is 2.17. The first-order valence-corrected chi connectivity index (χ1v) is 6.16. The lowest BCUT2D eigenvalue weighted by Crippen LogP contribution is -2.23. The summed E-state index contributed by atoms with van der Waals surface area (Å²) in [4.78, 5) is 11.8. The Kier molecular flexibility index (Phi) is 4.39. The van der Waals surface area contributed by atoms with Gasteiger partial charge in [-0.3, -0.25) is 0 Å². The molecule has 0 saturated heterocycles. The summed E-state index contributed by atoms with van der Waals surface area (Å²) >= 11 is 0. The lowest BCUT2D eigenvalue weighted by atomic mass is 10.1. The van der Waals surface area contributed by atoms with Crippen molar-refractivity contribution < 1.29 is 14.6 Å². The summed E-state index contributed by atoms with van der Waals surface area (Å²) < 4.78 is 5.26. The van der Waals surface area contributed by atoms with Crippen LogP contribution in [-0.4, -0.2) is 22.3 Å². The van der Waals surface area contributed by atoms with Gasteiger partial charge in [-0.2, -0.15) is 0 Å². The Morgan fingerprint density at radius 3 is 2.05 bits per heavy atom. The number of carbonyl (C=O) groups excluding carboxylic acids is 1. The molecule has 1 N–H and O–H groups in total. The normalized spacial score (nSPS) is 11.5. The second kappa shape index (κ2) is 5.46. The molecule has 0 aromatic heterocycles. The lowest BCUT2D eigenvalue weighted by molar-refractivity contribution is 0.00695. The molecule has 0 aliphatic heterocycles. The first-order valence-electron chi connectivity index (χ1n) is 6.16. The summed E-state index contributed by atoms with van der Waals surface area (Å²) in [5.74, 6) is 5.21. The van der Waals surface area contributed by atoms with E-state index in [4.69, 9.17) is 4.74 Å². The highest BCUT2D eigenvalue weighted by atomic mass is 16.6. The van der Waals surface area contributed by atoms with Crippen molar-refractivity contribution in [2.75, 3.05) is 0 Å². The Bertz CT molecular complexity index is 502. The van der Waals surface area contributed by atoms with Crippen molar-refractivity contribution in [2.24, 2.45) is 0 Å². The average molecular weight is 260 g/mol. The van der Waals surface area contributed by atoms with Crippen molar-refractivity contribution >= 4 is 5.97 Å². The minimum atomic E-state index is -1.02. The topological polar surface area (TPSA) is 46.5 Å². The van der Waals surface area contributed by atoms with E-state index in [-0.39, 0.29) is 5.97 Å². The Morgan fingerprint density at radius 2 is 1.63 bits per heavy atom. The molecule has 3 nitrogen and oxygen atoms in total. The first-order chi connectivity index (χ1) is 8.57. The molecule has 1 aromatic rings. The van der Waals surface area contributed by atoms with E-state index in [2.05, 4.69) is 11.8 Å². The summed E-state index contributed by atoms with van der Waals surface area (Å²) in [5.41, 5.74) is -0.293. The van der Waals surface area contributed by atoms with Crippen molar-refractivity contribution in [2.45, 2.75) is 45.8 Å². The van der Waals surface area contributed by atoms with Crippen LogP contribution in [0.1, 0.15) is 50.5 Å². The van der Waals surface area contributed by atoms with Gasteiger partial charge in [-0.05, 0) is 58.9 Å². The van der Waals surface area contributed by atoms with Crippen LogP contribution in [-0.2, 0) is 4.74 Å². The van der Waals surface area contributed by atoms with E-state index in [1.54, 1.807) is 38.1 Å². The van der Waals surface area contributed by atoms with Crippen LogP contribution in [0.2, 0.25) is 0 Å². The van der Waals surface area contributed by atoms with Gasteiger partial charge in [0, 0.05) is 5.56 Å². The molecule has 0 unspecified atom stereocenters. The van der Waals surface area contributed by atoms with Gasteiger partial charge >= 0.3 is 5.97 Å². The molecule has 0 radical (unpaired) electrons.